The molecule has 0 amide bonds. The molecule has 0 spiro atoms. The van der Waals surface area contributed by atoms with E-state index in [1.165, 1.54) is 17.1 Å². The Morgan fingerprint density at radius 3 is 1.81 bits per heavy atom. The fraction of sp³-hybridized carbons (Fsp3) is 0.381. The van der Waals surface area contributed by atoms with Gasteiger partial charge in [0.1, 0.15) is 18.8 Å². The molecule has 0 saturated carbocycles. The molecule has 2 aromatic rings. The van der Waals surface area contributed by atoms with Crippen LogP contribution in [0.3, 0.4) is 0 Å². The quantitative estimate of drug-likeness (QED) is 0.814. The van der Waals surface area contributed by atoms with Crippen LogP contribution in [0, 0.1) is 0 Å². The lowest BCUT2D eigenvalue weighted by molar-refractivity contribution is 0.337. The van der Waals surface area contributed by atoms with Gasteiger partial charge in [0.15, 0.2) is 0 Å². The number of rotatable bonds is 5. The van der Waals surface area contributed by atoms with E-state index < -0.39 is 0 Å². The van der Waals surface area contributed by atoms with Crippen LogP contribution in [0.4, 0.5) is 17.1 Å². The SMILES string of the molecule is CCN1CN(c2ccc(N3CCN(c4ccc(OC)cc4)CC3)cc2)C=N1. The summed E-state index contributed by atoms with van der Waals surface area (Å²) in [6, 6.07) is 17.2. The van der Waals surface area contributed by atoms with Crippen LogP contribution in [0.1, 0.15) is 6.92 Å². The zero-order valence-electron chi connectivity index (χ0n) is 16.1. The second kappa shape index (κ2) is 7.78. The lowest BCUT2D eigenvalue weighted by Crippen LogP contribution is -2.46. The number of piperazine rings is 1. The molecule has 0 bridgehead atoms. The predicted octanol–water partition coefficient (Wildman–Crippen LogP) is 3.06. The minimum atomic E-state index is 0.830. The molecule has 0 aromatic heterocycles. The highest BCUT2D eigenvalue weighted by Gasteiger charge is 2.18. The third-order valence-electron chi connectivity index (χ3n) is 5.30. The van der Waals surface area contributed by atoms with E-state index in [-0.39, 0.29) is 0 Å². The van der Waals surface area contributed by atoms with Crippen LogP contribution in [0.15, 0.2) is 53.6 Å². The summed E-state index contributed by atoms with van der Waals surface area (Å²) in [5, 5.41) is 6.43. The maximum absolute atomic E-state index is 5.25. The van der Waals surface area contributed by atoms with Gasteiger partial charge < -0.3 is 19.4 Å². The van der Waals surface area contributed by atoms with Crippen LogP contribution >= 0.6 is 0 Å². The average Bonchev–Trinajstić information content (AvgIpc) is 3.23. The predicted molar refractivity (Wildman–Crippen MR) is 112 cm³/mol. The zero-order chi connectivity index (χ0) is 18.6. The maximum atomic E-state index is 5.25. The van der Waals surface area contributed by atoms with Crippen molar-refractivity contribution in [3.05, 3.63) is 48.5 Å². The summed E-state index contributed by atoms with van der Waals surface area (Å²) in [5.74, 6) is 0.905. The Kier molecular flexibility index (Phi) is 5.05. The first-order valence-corrected chi connectivity index (χ1v) is 9.56. The summed E-state index contributed by atoms with van der Waals surface area (Å²) >= 11 is 0. The number of methoxy groups -OCH3 is 1. The smallest absolute Gasteiger partial charge is 0.119 e. The molecule has 6 heteroatoms. The van der Waals surface area contributed by atoms with Gasteiger partial charge in [0.05, 0.1) is 7.11 Å². The van der Waals surface area contributed by atoms with Gasteiger partial charge in [-0.1, -0.05) is 0 Å². The lowest BCUT2D eigenvalue weighted by atomic mass is 10.2. The highest BCUT2D eigenvalue weighted by Crippen LogP contribution is 2.25. The van der Waals surface area contributed by atoms with Gasteiger partial charge in [-0.3, -0.25) is 5.01 Å². The molecule has 0 N–H and O–H groups in total. The second-order valence-electron chi connectivity index (χ2n) is 6.85. The molecular formula is C21H27N5O. The third-order valence-corrected chi connectivity index (χ3v) is 5.30. The minimum Gasteiger partial charge on any atom is -0.497 e. The Hall–Kier alpha value is -2.89. The Morgan fingerprint density at radius 2 is 1.33 bits per heavy atom. The van der Waals surface area contributed by atoms with Crippen molar-refractivity contribution in [2.45, 2.75) is 6.92 Å². The van der Waals surface area contributed by atoms with Gasteiger partial charge in [0.2, 0.25) is 0 Å². The molecule has 0 unspecified atom stereocenters. The van der Waals surface area contributed by atoms with E-state index in [0.29, 0.717) is 0 Å². The number of hydrazone groups is 1. The van der Waals surface area contributed by atoms with E-state index in [1.807, 2.05) is 23.5 Å². The van der Waals surface area contributed by atoms with E-state index >= 15 is 0 Å². The third kappa shape index (κ3) is 3.79. The molecule has 0 atom stereocenters. The summed E-state index contributed by atoms with van der Waals surface area (Å²) in [6.45, 7) is 7.99. The van der Waals surface area contributed by atoms with Crippen molar-refractivity contribution in [1.82, 2.24) is 5.01 Å². The van der Waals surface area contributed by atoms with Crippen LogP contribution < -0.4 is 19.4 Å². The first-order chi connectivity index (χ1) is 13.3. The number of hydrogen-bond acceptors (Lipinski definition) is 6. The second-order valence-corrected chi connectivity index (χ2v) is 6.85. The molecular weight excluding hydrogens is 338 g/mol. The molecule has 6 nitrogen and oxygen atoms in total. The number of ether oxygens (including phenoxy) is 1. The van der Waals surface area contributed by atoms with Crippen molar-refractivity contribution in [2.75, 3.05) is 61.2 Å². The standard InChI is InChI=1S/C21H27N5O/c1-3-26-17-25(16-22-26)20-6-4-18(5-7-20)23-12-14-24(15-13-23)19-8-10-21(27-2)11-9-19/h4-11,16H,3,12-15,17H2,1-2H3. The maximum Gasteiger partial charge on any atom is 0.119 e. The van der Waals surface area contributed by atoms with Gasteiger partial charge in [-0.2, -0.15) is 5.10 Å². The summed E-state index contributed by atoms with van der Waals surface area (Å²) in [4.78, 5) is 7.07. The molecule has 2 aromatic carbocycles. The summed E-state index contributed by atoms with van der Waals surface area (Å²) in [7, 11) is 1.70. The molecule has 0 radical (unpaired) electrons. The highest BCUT2D eigenvalue weighted by atomic mass is 16.5. The first-order valence-electron chi connectivity index (χ1n) is 9.56. The van der Waals surface area contributed by atoms with Crippen molar-refractivity contribution in [3.8, 4) is 5.75 Å². The van der Waals surface area contributed by atoms with E-state index in [4.69, 9.17) is 4.74 Å². The Labute approximate surface area is 161 Å². The monoisotopic (exact) mass is 365 g/mol. The fourth-order valence-corrected chi connectivity index (χ4v) is 3.59. The summed E-state index contributed by atoms with van der Waals surface area (Å²) < 4.78 is 5.25. The number of hydrogen-bond donors (Lipinski definition) is 0. The first kappa shape index (κ1) is 17.5. The van der Waals surface area contributed by atoms with E-state index in [2.05, 4.69) is 63.1 Å². The summed E-state index contributed by atoms with van der Waals surface area (Å²) in [5.41, 5.74) is 3.74. The molecule has 142 valence electrons. The van der Waals surface area contributed by atoms with E-state index in [0.717, 1.165) is 45.1 Å². The van der Waals surface area contributed by atoms with Crippen LogP contribution in [-0.4, -0.2) is 57.8 Å². The highest BCUT2D eigenvalue weighted by molar-refractivity contribution is 5.80. The lowest BCUT2D eigenvalue weighted by Gasteiger charge is -2.37. The number of benzene rings is 2. The molecule has 0 aliphatic carbocycles. The largest absolute Gasteiger partial charge is 0.497 e. The zero-order valence-corrected chi connectivity index (χ0v) is 16.1. The fourth-order valence-electron chi connectivity index (χ4n) is 3.59. The van der Waals surface area contributed by atoms with Crippen LogP contribution in [0.25, 0.3) is 0 Å². The van der Waals surface area contributed by atoms with Crippen molar-refractivity contribution in [1.29, 1.82) is 0 Å². The van der Waals surface area contributed by atoms with E-state index in [1.54, 1.807) is 7.11 Å². The Balaban J connectivity index is 1.34. The molecule has 4 rings (SSSR count). The van der Waals surface area contributed by atoms with Gasteiger partial charge in [0, 0.05) is 49.8 Å². The van der Waals surface area contributed by atoms with Gasteiger partial charge in [-0.25, -0.2) is 0 Å². The molecule has 2 heterocycles. The Bertz CT molecular complexity index is 766. The van der Waals surface area contributed by atoms with Crippen molar-refractivity contribution in [3.63, 3.8) is 0 Å². The molecule has 1 fully saturated rings. The van der Waals surface area contributed by atoms with Gasteiger partial charge in [0.25, 0.3) is 0 Å². The molecule has 2 aliphatic heterocycles. The van der Waals surface area contributed by atoms with Gasteiger partial charge >= 0.3 is 0 Å². The van der Waals surface area contributed by atoms with Gasteiger partial charge in [-0.05, 0) is 55.5 Å². The number of anilines is 3. The van der Waals surface area contributed by atoms with Crippen molar-refractivity contribution in [2.24, 2.45) is 5.10 Å². The van der Waals surface area contributed by atoms with Crippen molar-refractivity contribution < 1.29 is 4.74 Å². The topological polar surface area (TPSA) is 34.5 Å². The van der Waals surface area contributed by atoms with Crippen LogP contribution in [0.5, 0.6) is 5.75 Å². The van der Waals surface area contributed by atoms with Crippen molar-refractivity contribution >= 4 is 23.4 Å². The minimum absolute atomic E-state index is 0.830. The molecule has 2 aliphatic rings. The average molecular weight is 365 g/mol. The molecule has 1 saturated heterocycles. The number of nitrogens with zero attached hydrogens (tertiary/aromatic N) is 5. The Morgan fingerprint density at radius 1 is 0.815 bits per heavy atom. The van der Waals surface area contributed by atoms with Gasteiger partial charge in [-0.15, -0.1) is 0 Å². The van der Waals surface area contributed by atoms with Crippen LogP contribution in [0.2, 0.25) is 0 Å². The normalized spacial score (nSPS) is 17.0. The molecule has 27 heavy (non-hydrogen) atoms. The van der Waals surface area contributed by atoms with E-state index in [9.17, 15) is 0 Å². The van der Waals surface area contributed by atoms with Crippen LogP contribution in [-0.2, 0) is 0 Å². The summed E-state index contributed by atoms with van der Waals surface area (Å²) in [6.07, 6.45) is 1.91.